The van der Waals surface area contributed by atoms with Gasteiger partial charge in [0.05, 0.1) is 0 Å². The zero-order valence-electron chi connectivity index (χ0n) is 8.95. The number of nitrogens with zero attached hydrogens (tertiary/aromatic N) is 2. The third kappa shape index (κ3) is 1.92. The first-order valence-corrected chi connectivity index (χ1v) is 6.12. The second kappa shape index (κ2) is 4.24. The lowest BCUT2D eigenvalue weighted by atomic mass is 10.0. The van der Waals surface area contributed by atoms with Crippen molar-refractivity contribution in [2.45, 2.75) is 6.10 Å². The van der Waals surface area contributed by atoms with Gasteiger partial charge in [0, 0.05) is 5.38 Å². The lowest BCUT2D eigenvalue weighted by Gasteiger charge is -2.08. The summed E-state index contributed by atoms with van der Waals surface area (Å²) >= 11 is 1.25. The zero-order valence-corrected chi connectivity index (χ0v) is 9.76. The minimum atomic E-state index is -0.696. The summed E-state index contributed by atoms with van der Waals surface area (Å²) < 4.78 is 3.76. The number of aliphatic hydroxyl groups excluding tert-OH is 1. The minimum absolute atomic E-state index is 0.602. The fraction of sp³-hybridized carbons (Fsp3) is 0.0769. The van der Waals surface area contributed by atoms with Crippen molar-refractivity contribution in [2.75, 3.05) is 0 Å². The summed E-state index contributed by atoms with van der Waals surface area (Å²) in [5.74, 6) is 0. The molecule has 1 heterocycles. The number of aliphatic hydroxyl groups is 1. The quantitative estimate of drug-likeness (QED) is 0.751. The first-order valence-electron chi connectivity index (χ1n) is 5.28. The van der Waals surface area contributed by atoms with Gasteiger partial charge in [0.2, 0.25) is 0 Å². The third-order valence-corrected chi connectivity index (χ3v) is 3.27. The summed E-state index contributed by atoms with van der Waals surface area (Å²) in [4.78, 5) is 0. The van der Waals surface area contributed by atoms with Crippen LogP contribution in [0.15, 0.2) is 47.8 Å². The van der Waals surface area contributed by atoms with Crippen LogP contribution in [0.4, 0.5) is 0 Å². The van der Waals surface area contributed by atoms with Crippen LogP contribution >= 0.6 is 11.5 Å². The molecular weight excluding hydrogens is 232 g/mol. The Bertz CT molecular complexity index is 637. The van der Waals surface area contributed by atoms with Crippen LogP contribution < -0.4 is 0 Å². The van der Waals surface area contributed by atoms with Crippen LogP contribution in [0.1, 0.15) is 17.4 Å². The van der Waals surface area contributed by atoms with E-state index in [2.05, 4.69) is 15.7 Å². The minimum Gasteiger partial charge on any atom is -0.382 e. The van der Waals surface area contributed by atoms with Gasteiger partial charge in [-0.15, -0.1) is 5.10 Å². The van der Waals surface area contributed by atoms with E-state index in [4.69, 9.17) is 0 Å². The van der Waals surface area contributed by atoms with Crippen LogP contribution in [0.25, 0.3) is 10.8 Å². The topological polar surface area (TPSA) is 46.0 Å². The van der Waals surface area contributed by atoms with Gasteiger partial charge in [0.1, 0.15) is 11.8 Å². The highest BCUT2D eigenvalue weighted by Crippen LogP contribution is 2.24. The van der Waals surface area contributed by atoms with Crippen molar-refractivity contribution < 1.29 is 5.11 Å². The van der Waals surface area contributed by atoms with Gasteiger partial charge in [-0.05, 0) is 33.9 Å². The molecule has 3 nitrogen and oxygen atoms in total. The fourth-order valence-electron chi connectivity index (χ4n) is 1.84. The maximum atomic E-state index is 10.1. The van der Waals surface area contributed by atoms with Gasteiger partial charge >= 0.3 is 0 Å². The van der Waals surface area contributed by atoms with Crippen molar-refractivity contribution in [3.8, 4) is 0 Å². The van der Waals surface area contributed by atoms with Gasteiger partial charge in [-0.1, -0.05) is 40.9 Å². The molecule has 0 aliphatic heterocycles. The molecule has 84 valence electrons. The summed E-state index contributed by atoms with van der Waals surface area (Å²) in [7, 11) is 0. The van der Waals surface area contributed by atoms with E-state index in [1.165, 1.54) is 16.9 Å². The van der Waals surface area contributed by atoms with E-state index < -0.39 is 6.10 Å². The summed E-state index contributed by atoms with van der Waals surface area (Å²) in [6.07, 6.45) is -0.696. The van der Waals surface area contributed by atoms with Gasteiger partial charge in [-0.2, -0.15) is 0 Å². The largest absolute Gasteiger partial charge is 0.382 e. The Hall–Kier alpha value is -1.78. The van der Waals surface area contributed by atoms with Crippen LogP contribution in [-0.4, -0.2) is 14.7 Å². The van der Waals surface area contributed by atoms with E-state index in [1.807, 2.05) is 36.4 Å². The molecule has 0 radical (unpaired) electrons. The molecule has 1 atom stereocenters. The van der Waals surface area contributed by atoms with Crippen LogP contribution in [0.5, 0.6) is 0 Å². The summed E-state index contributed by atoms with van der Waals surface area (Å²) in [6, 6.07) is 14.0. The second-order valence-electron chi connectivity index (χ2n) is 3.84. The molecule has 0 aliphatic carbocycles. The van der Waals surface area contributed by atoms with Crippen LogP contribution in [0.2, 0.25) is 0 Å². The highest BCUT2D eigenvalue weighted by atomic mass is 32.1. The molecular formula is C13H10N2OS. The first kappa shape index (κ1) is 10.4. The van der Waals surface area contributed by atoms with E-state index in [9.17, 15) is 5.11 Å². The molecule has 0 fully saturated rings. The van der Waals surface area contributed by atoms with E-state index in [1.54, 1.807) is 5.38 Å². The van der Waals surface area contributed by atoms with Gasteiger partial charge in [0.25, 0.3) is 0 Å². The lowest BCUT2D eigenvalue weighted by molar-refractivity contribution is 0.215. The van der Waals surface area contributed by atoms with Crippen molar-refractivity contribution in [3.05, 3.63) is 59.1 Å². The highest BCUT2D eigenvalue weighted by Gasteiger charge is 2.13. The molecule has 4 heteroatoms. The molecule has 1 aromatic heterocycles. The lowest BCUT2D eigenvalue weighted by Crippen LogP contribution is -1.99. The Morgan fingerprint density at radius 3 is 2.65 bits per heavy atom. The third-order valence-electron chi connectivity index (χ3n) is 2.75. The molecule has 0 bridgehead atoms. The second-order valence-corrected chi connectivity index (χ2v) is 4.45. The molecule has 0 aliphatic rings. The van der Waals surface area contributed by atoms with Crippen LogP contribution in [0.3, 0.4) is 0 Å². The smallest absolute Gasteiger partial charge is 0.124 e. The highest BCUT2D eigenvalue weighted by molar-refractivity contribution is 7.03. The van der Waals surface area contributed by atoms with Crippen LogP contribution in [-0.2, 0) is 0 Å². The number of hydrogen-bond acceptors (Lipinski definition) is 4. The van der Waals surface area contributed by atoms with E-state index in [0.717, 1.165) is 10.9 Å². The standard InChI is InChI=1S/C13H10N2OS/c16-13(12-8-17-15-14-12)11-6-5-9-3-1-2-4-10(9)7-11/h1-8,13,16H. The Kier molecular flexibility index (Phi) is 2.59. The maximum Gasteiger partial charge on any atom is 0.124 e. The van der Waals surface area contributed by atoms with Crippen molar-refractivity contribution in [2.24, 2.45) is 0 Å². The SMILES string of the molecule is OC(c1ccc2ccccc2c1)c1csnn1. The van der Waals surface area contributed by atoms with Gasteiger partial charge in [0.15, 0.2) is 0 Å². The molecule has 17 heavy (non-hydrogen) atoms. The molecule has 0 amide bonds. The Labute approximate surface area is 103 Å². The maximum absolute atomic E-state index is 10.1. The van der Waals surface area contributed by atoms with Crippen molar-refractivity contribution in [3.63, 3.8) is 0 Å². The number of aromatic nitrogens is 2. The summed E-state index contributed by atoms with van der Waals surface area (Å²) in [5, 5.41) is 18.1. The fourth-order valence-corrected chi connectivity index (χ4v) is 2.31. The molecule has 1 unspecified atom stereocenters. The average Bonchev–Trinajstić information content (AvgIpc) is 2.91. The number of fused-ring (bicyclic) bond motifs is 1. The molecule has 2 aromatic carbocycles. The average molecular weight is 242 g/mol. The molecule has 3 rings (SSSR count). The van der Waals surface area contributed by atoms with Gasteiger partial charge in [-0.3, -0.25) is 0 Å². The van der Waals surface area contributed by atoms with Crippen molar-refractivity contribution >= 4 is 22.3 Å². The Balaban J connectivity index is 2.06. The van der Waals surface area contributed by atoms with Crippen molar-refractivity contribution in [1.82, 2.24) is 9.59 Å². The van der Waals surface area contributed by atoms with Crippen LogP contribution in [0, 0.1) is 0 Å². The predicted molar refractivity (Wildman–Crippen MR) is 67.9 cm³/mol. The molecule has 0 spiro atoms. The van der Waals surface area contributed by atoms with Gasteiger partial charge < -0.3 is 5.11 Å². The molecule has 1 N–H and O–H groups in total. The number of hydrogen-bond donors (Lipinski definition) is 1. The predicted octanol–water partition coefficient (Wildman–Crippen LogP) is 2.77. The summed E-state index contributed by atoms with van der Waals surface area (Å²) in [5.41, 5.74) is 1.45. The molecule has 3 aromatic rings. The molecule has 0 saturated carbocycles. The Morgan fingerprint density at radius 2 is 1.88 bits per heavy atom. The first-order chi connectivity index (χ1) is 8.34. The van der Waals surface area contributed by atoms with E-state index in [0.29, 0.717) is 5.69 Å². The van der Waals surface area contributed by atoms with E-state index >= 15 is 0 Å². The summed E-state index contributed by atoms with van der Waals surface area (Å²) in [6.45, 7) is 0. The van der Waals surface area contributed by atoms with Crippen molar-refractivity contribution in [1.29, 1.82) is 0 Å². The zero-order chi connectivity index (χ0) is 11.7. The number of rotatable bonds is 2. The Morgan fingerprint density at radius 1 is 1.06 bits per heavy atom. The normalized spacial score (nSPS) is 12.8. The van der Waals surface area contributed by atoms with Gasteiger partial charge in [-0.25, -0.2) is 0 Å². The number of benzene rings is 2. The monoisotopic (exact) mass is 242 g/mol. The molecule has 0 saturated heterocycles. The van der Waals surface area contributed by atoms with E-state index in [-0.39, 0.29) is 0 Å².